The van der Waals surface area contributed by atoms with Crippen LogP contribution in [0.2, 0.25) is 0 Å². The molecule has 0 aliphatic heterocycles. The smallest absolute Gasteiger partial charge is 0.271 e. The van der Waals surface area contributed by atoms with Gasteiger partial charge in [-0.1, -0.05) is 24.3 Å². The Hall–Kier alpha value is -2.43. The zero-order chi connectivity index (χ0) is 15.1. The summed E-state index contributed by atoms with van der Waals surface area (Å²) in [4.78, 5) is 20.3. The molecule has 5 nitrogen and oxygen atoms in total. The zero-order valence-corrected chi connectivity index (χ0v) is 12.4. The molecule has 5 heteroatoms. The maximum Gasteiger partial charge on any atom is 0.271 e. The van der Waals surface area contributed by atoms with Crippen LogP contribution in [0.3, 0.4) is 0 Å². The van der Waals surface area contributed by atoms with E-state index in [-0.39, 0.29) is 5.91 Å². The van der Waals surface area contributed by atoms with Crippen LogP contribution in [-0.2, 0) is 6.42 Å². The average molecular weight is 284 g/mol. The van der Waals surface area contributed by atoms with Crippen molar-refractivity contribution in [2.45, 2.75) is 20.3 Å². The first-order valence-electron chi connectivity index (χ1n) is 7.09. The van der Waals surface area contributed by atoms with Crippen molar-refractivity contribution in [3.8, 4) is 0 Å². The van der Waals surface area contributed by atoms with Crippen LogP contribution >= 0.6 is 0 Å². The summed E-state index contributed by atoms with van der Waals surface area (Å²) in [6, 6.07) is 8.17. The number of aromatic nitrogens is 2. The van der Waals surface area contributed by atoms with E-state index in [9.17, 15) is 4.79 Å². The van der Waals surface area contributed by atoms with E-state index < -0.39 is 0 Å². The number of benzene rings is 1. The standard InChI is InChI=1S/C16H20N4O/c1-3-18-15-11-17-10-14(20-15)16(21)19-9-8-13-7-5-4-6-12(13)2/h4-7,10-11H,3,8-9H2,1-2H3,(H,18,20)(H,19,21). The van der Waals surface area contributed by atoms with Crippen LogP contribution in [-0.4, -0.2) is 29.0 Å². The Labute approximate surface area is 124 Å². The van der Waals surface area contributed by atoms with Gasteiger partial charge >= 0.3 is 0 Å². The lowest BCUT2D eigenvalue weighted by atomic mass is 10.1. The Morgan fingerprint density at radius 1 is 1.24 bits per heavy atom. The first-order valence-corrected chi connectivity index (χ1v) is 7.09. The second kappa shape index (κ2) is 7.38. The predicted octanol–water partition coefficient (Wildman–Crippen LogP) is 2.19. The molecule has 1 amide bonds. The summed E-state index contributed by atoms with van der Waals surface area (Å²) in [6.07, 6.45) is 3.89. The second-order valence-electron chi connectivity index (χ2n) is 4.75. The number of anilines is 1. The number of carbonyl (C=O) groups excluding carboxylic acids is 1. The highest BCUT2D eigenvalue weighted by Crippen LogP contribution is 2.07. The highest BCUT2D eigenvalue weighted by Gasteiger charge is 2.08. The highest BCUT2D eigenvalue weighted by molar-refractivity contribution is 5.92. The quantitative estimate of drug-likeness (QED) is 0.853. The Balaban J connectivity index is 1.90. The maximum absolute atomic E-state index is 12.0. The molecule has 1 aromatic carbocycles. The molecule has 2 N–H and O–H groups in total. The van der Waals surface area contributed by atoms with Crippen molar-refractivity contribution in [3.63, 3.8) is 0 Å². The van der Waals surface area contributed by atoms with E-state index in [4.69, 9.17) is 0 Å². The lowest BCUT2D eigenvalue weighted by molar-refractivity contribution is 0.0949. The molecule has 0 fully saturated rings. The number of carbonyl (C=O) groups is 1. The van der Waals surface area contributed by atoms with Gasteiger partial charge in [0, 0.05) is 13.1 Å². The van der Waals surface area contributed by atoms with Gasteiger partial charge in [0.05, 0.1) is 12.4 Å². The molecule has 1 heterocycles. The summed E-state index contributed by atoms with van der Waals surface area (Å²) < 4.78 is 0. The third-order valence-electron chi connectivity index (χ3n) is 3.17. The van der Waals surface area contributed by atoms with Crippen LogP contribution in [0.1, 0.15) is 28.5 Å². The second-order valence-corrected chi connectivity index (χ2v) is 4.75. The lowest BCUT2D eigenvalue weighted by Gasteiger charge is -2.08. The number of aryl methyl sites for hydroxylation is 1. The fraction of sp³-hybridized carbons (Fsp3) is 0.312. The Morgan fingerprint density at radius 3 is 2.81 bits per heavy atom. The minimum Gasteiger partial charge on any atom is -0.369 e. The van der Waals surface area contributed by atoms with E-state index in [1.165, 1.54) is 17.3 Å². The van der Waals surface area contributed by atoms with Crippen LogP contribution in [0, 0.1) is 6.92 Å². The molecular weight excluding hydrogens is 264 g/mol. The molecule has 0 saturated carbocycles. The molecule has 0 aliphatic carbocycles. The third kappa shape index (κ3) is 4.27. The predicted molar refractivity (Wildman–Crippen MR) is 83.4 cm³/mol. The summed E-state index contributed by atoms with van der Waals surface area (Å²) >= 11 is 0. The van der Waals surface area contributed by atoms with Crippen molar-refractivity contribution >= 4 is 11.7 Å². The van der Waals surface area contributed by atoms with Gasteiger partial charge in [0.25, 0.3) is 5.91 Å². The van der Waals surface area contributed by atoms with Crippen LogP contribution in [0.25, 0.3) is 0 Å². The zero-order valence-electron chi connectivity index (χ0n) is 12.4. The van der Waals surface area contributed by atoms with Crippen LogP contribution < -0.4 is 10.6 Å². The van der Waals surface area contributed by atoms with Gasteiger partial charge in [-0.2, -0.15) is 0 Å². The van der Waals surface area contributed by atoms with Crippen molar-refractivity contribution in [3.05, 3.63) is 53.5 Å². The monoisotopic (exact) mass is 284 g/mol. The van der Waals surface area contributed by atoms with Gasteiger partial charge < -0.3 is 10.6 Å². The molecule has 110 valence electrons. The van der Waals surface area contributed by atoms with Crippen molar-refractivity contribution < 1.29 is 4.79 Å². The molecule has 0 spiro atoms. The van der Waals surface area contributed by atoms with Crippen molar-refractivity contribution in [2.24, 2.45) is 0 Å². The number of rotatable bonds is 6. The van der Waals surface area contributed by atoms with Crippen LogP contribution in [0.5, 0.6) is 0 Å². The van der Waals surface area contributed by atoms with Gasteiger partial charge in [-0.05, 0) is 31.4 Å². The van der Waals surface area contributed by atoms with E-state index in [2.05, 4.69) is 39.7 Å². The molecule has 2 aromatic rings. The number of amides is 1. The molecule has 2 rings (SSSR count). The molecule has 0 bridgehead atoms. The summed E-state index contributed by atoms with van der Waals surface area (Å²) in [5, 5.41) is 5.91. The van der Waals surface area contributed by atoms with Gasteiger partial charge in [0.2, 0.25) is 0 Å². The molecule has 0 aliphatic rings. The molecular formula is C16H20N4O. The Kier molecular flexibility index (Phi) is 5.26. The summed E-state index contributed by atoms with van der Waals surface area (Å²) in [5.74, 6) is 0.417. The molecule has 0 unspecified atom stereocenters. The van der Waals surface area contributed by atoms with E-state index >= 15 is 0 Å². The third-order valence-corrected chi connectivity index (χ3v) is 3.17. The lowest BCUT2D eigenvalue weighted by Crippen LogP contribution is -2.27. The van der Waals surface area contributed by atoms with E-state index in [1.54, 1.807) is 6.20 Å². The fourth-order valence-corrected chi connectivity index (χ4v) is 2.03. The molecule has 0 radical (unpaired) electrons. The Bertz CT molecular complexity index is 613. The topological polar surface area (TPSA) is 66.9 Å². The van der Waals surface area contributed by atoms with Gasteiger partial charge in [0.1, 0.15) is 11.5 Å². The molecule has 0 atom stereocenters. The van der Waals surface area contributed by atoms with E-state index in [0.717, 1.165) is 13.0 Å². The summed E-state index contributed by atoms with van der Waals surface area (Å²) in [6.45, 7) is 5.36. The number of hydrogen-bond donors (Lipinski definition) is 2. The minimum absolute atomic E-state index is 0.198. The summed E-state index contributed by atoms with van der Waals surface area (Å²) in [5.41, 5.74) is 2.81. The van der Waals surface area contributed by atoms with Gasteiger partial charge in [0.15, 0.2) is 0 Å². The fourth-order valence-electron chi connectivity index (χ4n) is 2.03. The van der Waals surface area contributed by atoms with Crippen molar-refractivity contribution in [1.29, 1.82) is 0 Å². The Morgan fingerprint density at radius 2 is 2.05 bits per heavy atom. The SMILES string of the molecule is CCNc1cncc(C(=O)NCCc2ccccc2C)n1. The van der Waals surface area contributed by atoms with Crippen LogP contribution in [0.15, 0.2) is 36.7 Å². The number of nitrogens with zero attached hydrogens (tertiary/aromatic N) is 2. The highest BCUT2D eigenvalue weighted by atomic mass is 16.1. The van der Waals surface area contributed by atoms with Gasteiger partial charge in [-0.3, -0.25) is 9.78 Å². The minimum atomic E-state index is -0.198. The number of nitrogens with one attached hydrogen (secondary N) is 2. The molecule has 21 heavy (non-hydrogen) atoms. The summed E-state index contributed by atoms with van der Waals surface area (Å²) in [7, 11) is 0. The largest absolute Gasteiger partial charge is 0.369 e. The normalized spacial score (nSPS) is 10.2. The maximum atomic E-state index is 12.0. The van der Waals surface area contributed by atoms with E-state index in [0.29, 0.717) is 18.1 Å². The molecule has 1 aromatic heterocycles. The van der Waals surface area contributed by atoms with Crippen molar-refractivity contribution in [2.75, 3.05) is 18.4 Å². The van der Waals surface area contributed by atoms with Gasteiger partial charge in [-0.25, -0.2) is 4.98 Å². The van der Waals surface area contributed by atoms with Crippen LogP contribution in [0.4, 0.5) is 5.82 Å². The first kappa shape index (κ1) is 15.0. The van der Waals surface area contributed by atoms with Crippen molar-refractivity contribution in [1.82, 2.24) is 15.3 Å². The van der Waals surface area contributed by atoms with Gasteiger partial charge in [-0.15, -0.1) is 0 Å². The number of hydrogen-bond acceptors (Lipinski definition) is 4. The molecule has 0 saturated heterocycles. The first-order chi connectivity index (χ1) is 10.2. The van der Waals surface area contributed by atoms with E-state index in [1.807, 2.05) is 19.1 Å². The average Bonchev–Trinajstić information content (AvgIpc) is 2.50.